The van der Waals surface area contributed by atoms with Crippen LogP contribution in [0.25, 0.3) is 21.7 Å². The second kappa shape index (κ2) is 8.04. The average Bonchev–Trinajstić information content (AvgIpc) is 3.21. The summed E-state index contributed by atoms with van der Waals surface area (Å²) in [5.41, 5.74) is 1.95. The van der Waals surface area contributed by atoms with Gasteiger partial charge in [0.25, 0.3) is 0 Å². The molecule has 26 heavy (non-hydrogen) atoms. The van der Waals surface area contributed by atoms with Crippen molar-refractivity contribution in [1.82, 2.24) is 14.5 Å². The van der Waals surface area contributed by atoms with Gasteiger partial charge in [-0.25, -0.2) is 4.98 Å². The summed E-state index contributed by atoms with van der Waals surface area (Å²) < 4.78 is 2.07. The quantitative estimate of drug-likeness (QED) is 0.594. The SMILES string of the molecule is CC(C)CN(CC(C)C)C(=O)Cn1c(-c2cccs2)nc2ccccc21. The zero-order valence-electron chi connectivity index (χ0n) is 16.0. The van der Waals surface area contributed by atoms with Crippen LogP contribution in [0.15, 0.2) is 41.8 Å². The van der Waals surface area contributed by atoms with Gasteiger partial charge in [-0.15, -0.1) is 11.3 Å². The normalized spacial score (nSPS) is 11.6. The number of para-hydroxylation sites is 2. The predicted molar refractivity (Wildman–Crippen MR) is 109 cm³/mol. The number of rotatable bonds is 7. The lowest BCUT2D eigenvalue weighted by Gasteiger charge is -2.27. The lowest BCUT2D eigenvalue weighted by atomic mass is 10.1. The molecule has 0 saturated heterocycles. The zero-order chi connectivity index (χ0) is 18.7. The third-order valence-electron chi connectivity index (χ3n) is 4.21. The highest BCUT2D eigenvalue weighted by Gasteiger charge is 2.20. The Labute approximate surface area is 159 Å². The number of hydrogen-bond donors (Lipinski definition) is 0. The molecule has 2 aromatic heterocycles. The number of nitrogens with zero attached hydrogens (tertiary/aromatic N) is 3. The molecule has 5 heteroatoms. The molecule has 0 aliphatic heterocycles. The van der Waals surface area contributed by atoms with Crippen LogP contribution in [0.2, 0.25) is 0 Å². The number of carbonyl (C=O) groups excluding carboxylic acids is 1. The molecule has 4 nitrogen and oxygen atoms in total. The van der Waals surface area contributed by atoms with Crippen molar-refractivity contribution in [2.45, 2.75) is 34.2 Å². The molecule has 1 aromatic carbocycles. The maximum absolute atomic E-state index is 13.1. The minimum atomic E-state index is 0.161. The highest BCUT2D eigenvalue weighted by atomic mass is 32.1. The first-order chi connectivity index (χ1) is 12.5. The maximum Gasteiger partial charge on any atom is 0.242 e. The highest BCUT2D eigenvalue weighted by molar-refractivity contribution is 7.13. The lowest BCUT2D eigenvalue weighted by Crippen LogP contribution is -2.39. The minimum Gasteiger partial charge on any atom is -0.341 e. The first-order valence-electron chi connectivity index (χ1n) is 9.22. The van der Waals surface area contributed by atoms with E-state index in [4.69, 9.17) is 4.98 Å². The molecular weight excluding hydrogens is 342 g/mol. The van der Waals surface area contributed by atoms with Crippen LogP contribution < -0.4 is 0 Å². The van der Waals surface area contributed by atoms with Gasteiger partial charge in [0, 0.05) is 13.1 Å². The van der Waals surface area contributed by atoms with Crippen molar-refractivity contribution < 1.29 is 4.79 Å². The number of amides is 1. The van der Waals surface area contributed by atoms with Crippen LogP contribution >= 0.6 is 11.3 Å². The first-order valence-corrected chi connectivity index (χ1v) is 10.1. The van der Waals surface area contributed by atoms with Crippen molar-refractivity contribution in [3.05, 3.63) is 41.8 Å². The van der Waals surface area contributed by atoms with Gasteiger partial charge < -0.3 is 9.47 Å². The summed E-state index contributed by atoms with van der Waals surface area (Å²) in [6.45, 7) is 10.5. The van der Waals surface area contributed by atoms with Gasteiger partial charge in [0.1, 0.15) is 6.54 Å². The van der Waals surface area contributed by atoms with E-state index in [9.17, 15) is 4.79 Å². The van der Waals surface area contributed by atoms with Crippen molar-refractivity contribution in [2.24, 2.45) is 11.8 Å². The molecule has 0 unspecified atom stereocenters. The van der Waals surface area contributed by atoms with Crippen molar-refractivity contribution >= 4 is 28.3 Å². The van der Waals surface area contributed by atoms with Crippen LogP contribution in [0.5, 0.6) is 0 Å². The van der Waals surface area contributed by atoms with E-state index in [-0.39, 0.29) is 5.91 Å². The number of benzene rings is 1. The summed E-state index contributed by atoms with van der Waals surface area (Å²) in [6, 6.07) is 12.1. The molecule has 138 valence electrons. The minimum absolute atomic E-state index is 0.161. The van der Waals surface area contributed by atoms with Gasteiger partial charge in [0.15, 0.2) is 5.82 Å². The van der Waals surface area contributed by atoms with Gasteiger partial charge in [-0.2, -0.15) is 0 Å². The van der Waals surface area contributed by atoms with E-state index < -0.39 is 0 Å². The number of hydrogen-bond acceptors (Lipinski definition) is 3. The van der Waals surface area contributed by atoms with E-state index in [1.807, 2.05) is 40.6 Å². The summed E-state index contributed by atoms with van der Waals surface area (Å²) in [7, 11) is 0. The summed E-state index contributed by atoms with van der Waals surface area (Å²) in [5.74, 6) is 1.94. The fourth-order valence-corrected chi connectivity index (χ4v) is 3.95. The van der Waals surface area contributed by atoms with Crippen molar-refractivity contribution in [1.29, 1.82) is 0 Å². The molecule has 0 spiro atoms. The van der Waals surface area contributed by atoms with Gasteiger partial charge in [-0.3, -0.25) is 4.79 Å². The second-order valence-electron chi connectivity index (χ2n) is 7.57. The Kier molecular flexibility index (Phi) is 5.77. The highest BCUT2D eigenvalue weighted by Crippen LogP contribution is 2.28. The summed E-state index contributed by atoms with van der Waals surface area (Å²) in [4.78, 5) is 21.0. The van der Waals surface area contributed by atoms with Crippen molar-refractivity contribution in [3.63, 3.8) is 0 Å². The van der Waals surface area contributed by atoms with E-state index in [0.29, 0.717) is 18.4 Å². The molecule has 0 radical (unpaired) electrons. The van der Waals surface area contributed by atoms with Gasteiger partial charge in [0.05, 0.1) is 15.9 Å². The zero-order valence-corrected chi connectivity index (χ0v) is 16.8. The predicted octanol–water partition coefficient (Wildman–Crippen LogP) is 4.91. The first kappa shape index (κ1) is 18.6. The molecule has 1 amide bonds. The molecule has 0 aliphatic rings. The Hall–Kier alpha value is -2.14. The Morgan fingerprint density at radius 3 is 2.38 bits per heavy atom. The second-order valence-corrected chi connectivity index (χ2v) is 8.52. The standard InChI is InChI=1S/C21H27N3OS/c1-15(2)12-23(13-16(3)4)20(25)14-24-18-9-6-5-8-17(18)22-21(24)19-10-7-11-26-19/h5-11,15-16H,12-14H2,1-4H3. The van der Waals surface area contributed by atoms with Crippen LogP contribution in [0.3, 0.4) is 0 Å². The van der Waals surface area contributed by atoms with Gasteiger partial charge in [0.2, 0.25) is 5.91 Å². The smallest absolute Gasteiger partial charge is 0.242 e. The van der Waals surface area contributed by atoms with Gasteiger partial charge >= 0.3 is 0 Å². The molecule has 3 aromatic rings. The topological polar surface area (TPSA) is 38.1 Å². The van der Waals surface area contributed by atoms with Gasteiger partial charge in [-0.05, 0) is 35.4 Å². The lowest BCUT2D eigenvalue weighted by molar-refractivity contribution is -0.132. The molecule has 2 heterocycles. The fourth-order valence-electron chi connectivity index (χ4n) is 3.22. The average molecular weight is 370 g/mol. The monoisotopic (exact) mass is 369 g/mol. The number of thiophene rings is 1. The summed E-state index contributed by atoms with van der Waals surface area (Å²) >= 11 is 1.65. The summed E-state index contributed by atoms with van der Waals surface area (Å²) in [5, 5.41) is 2.05. The van der Waals surface area contributed by atoms with Crippen LogP contribution in [0.4, 0.5) is 0 Å². The molecule has 0 saturated carbocycles. The molecule has 0 fully saturated rings. The number of fused-ring (bicyclic) bond motifs is 1. The van der Waals surface area contributed by atoms with Crippen LogP contribution in [0, 0.1) is 11.8 Å². The number of carbonyl (C=O) groups is 1. The van der Waals surface area contributed by atoms with E-state index in [1.54, 1.807) is 11.3 Å². The third-order valence-corrected chi connectivity index (χ3v) is 5.08. The molecule has 0 bridgehead atoms. The van der Waals surface area contributed by atoms with Crippen LogP contribution in [0.1, 0.15) is 27.7 Å². The number of aromatic nitrogens is 2. The fraction of sp³-hybridized carbons (Fsp3) is 0.429. The van der Waals surface area contributed by atoms with Crippen molar-refractivity contribution in [2.75, 3.05) is 13.1 Å². The molecule has 0 atom stereocenters. The van der Waals surface area contributed by atoms with E-state index in [0.717, 1.165) is 34.8 Å². The van der Waals surface area contributed by atoms with Crippen LogP contribution in [-0.4, -0.2) is 33.4 Å². The third kappa shape index (κ3) is 4.15. The molecule has 0 aliphatic carbocycles. The van der Waals surface area contributed by atoms with E-state index >= 15 is 0 Å². The van der Waals surface area contributed by atoms with Crippen LogP contribution in [-0.2, 0) is 11.3 Å². The van der Waals surface area contributed by atoms with E-state index in [1.165, 1.54) is 0 Å². The number of imidazole rings is 1. The van der Waals surface area contributed by atoms with Crippen molar-refractivity contribution in [3.8, 4) is 10.7 Å². The molecular formula is C21H27N3OS. The largest absolute Gasteiger partial charge is 0.341 e. The Bertz CT molecular complexity index is 855. The molecule has 3 rings (SSSR count). The van der Waals surface area contributed by atoms with Gasteiger partial charge in [-0.1, -0.05) is 45.9 Å². The molecule has 0 N–H and O–H groups in total. The Morgan fingerprint density at radius 2 is 1.77 bits per heavy atom. The Morgan fingerprint density at radius 1 is 1.08 bits per heavy atom. The summed E-state index contributed by atoms with van der Waals surface area (Å²) in [6.07, 6.45) is 0. The van der Waals surface area contributed by atoms with E-state index in [2.05, 4.69) is 38.3 Å². The Balaban J connectivity index is 1.96. The maximum atomic E-state index is 13.1.